The Kier molecular flexibility index (Phi) is 5.77. The molecule has 0 fully saturated rings. The van der Waals surface area contributed by atoms with Crippen LogP contribution in [0.3, 0.4) is 0 Å². The van der Waals surface area contributed by atoms with Gasteiger partial charge in [-0.3, -0.25) is 4.98 Å². The minimum absolute atomic E-state index is 0.717. The normalized spacial score (nSPS) is 10.9. The molecular formula is C31H27N3. The molecule has 2 aromatic heterocycles. The SMILES string of the molecule is Cc1cc(C)cc(-c2ccccc2-c2ccc(-c3ccc(-c4nc(C)cc(C)n4)cn3)cc2)c1. The van der Waals surface area contributed by atoms with Crippen LogP contribution in [0.4, 0.5) is 0 Å². The molecule has 166 valence electrons. The lowest BCUT2D eigenvalue weighted by Gasteiger charge is -2.12. The molecule has 0 aliphatic carbocycles. The molecule has 0 bridgehead atoms. The fraction of sp³-hybridized carbons (Fsp3) is 0.129. The third-order valence-electron chi connectivity index (χ3n) is 5.96. The van der Waals surface area contributed by atoms with Gasteiger partial charge in [0.05, 0.1) is 5.69 Å². The molecule has 0 spiro atoms. The highest BCUT2D eigenvalue weighted by atomic mass is 14.9. The van der Waals surface area contributed by atoms with Crippen molar-refractivity contribution in [2.24, 2.45) is 0 Å². The van der Waals surface area contributed by atoms with E-state index >= 15 is 0 Å². The standard InChI is InChI=1S/C31H27N3/c1-20-15-21(2)17-27(16-20)29-8-6-5-7-28(29)24-9-11-25(12-10-24)30-14-13-26(19-32-30)31-33-22(3)18-23(4)34-31/h5-19H,1-4H3. The van der Waals surface area contributed by atoms with Crippen LogP contribution in [0.15, 0.2) is 91.1 Å². The molecular weight excluding hydrogens is 414 g/mol. The summed E-state index contributed by atoms with van der Waals surface area (Å²) in [6.07, 6.45) is 1.85. The van der Waals surface area contributed by atoms with Crippen LogP contribution in [0, 0.1) is 27.7 Å². The zero-order valence-electron chi connectivity index (χ0n) is 20.0. The summed E-state index contributed by atoms with van der Waals surface area (Å²) in [5, 5.41) is 0. The van der Waals surface area contributed by atoms with E-state index in [9.17, 15) is 0 Å². The van der Waals surface area contributed by atoms with Gasteiger partial charge in [0.15, 0.2) is 5.82 Å². The van der Waals surface area contributed by atoms with Gasteiger partial charge in [0.25, 0.3) is 0 Å². The largest absolute Gasteiger partial charge is 0.255 e. The van der Waals surface area contributed by atoms with Crippen molar-refractivity contribution in [3.05, 3.63) is 114 Å². The molecule has 0 amide bonds. The Labute approximate surface area is 201 Å². The number of benzene rings is 3. The lowest BCUT2D eigenvalue weighted by molar-refractivity contribution is 1.06. The molecule has 0 aliphatic heterocycles. The summed E-state index contributed by atoms with van der Waals surface area (Å²) in [7, 11) is 0. The first-order chi connectivity index (χ1) is 16.5. The van der Waals surface area contributed by atoms with Crippen LogP contribution in [-0.2, 0) is 0 Å². The Morgan fingerprint density at radius 2 is 1.06 bits per heavy atom. The van der Waals surface area contributed by atoms with Gasteiger partial charge >= 0.3 is 0 Å². The molecule has 0 N–H and O–H groups in total. The highest BCUT2D eigenvalue weighted by Crippen LogP contribution is 2.34. The molecule has 34 heavy (non-hydrogen) atoms. The zero-order valence-corrected chi connectivity index (χ0v) is 20.0. The minimum Gasteiger partial charge on any atom is -0.255 e. The second-order valence-electron chi connectivity index (χ2n) is 8.91. The van der Waals surface area contributed by atoms with E-state index in [1.54, 1.807) is 0 Å². The summed E-state index contributed by atoms with van der Waals surface area (Å²) in [5.41, 5.74) is 12.3. The second kappa shape index (κ2) is 9.03. The van der Waals surface area contributed by atoms with Gasteiger partial charge in [0.2, 0.25) is 0 Å². The molecule has 3 nitrogen and oxygen atoms in total. The lowest BCUT2D eigenvalue weighted by Crippen LogP contribution is -1.95. The van der Waals surface area contributed by atoms with Crippen LogP contribution in [0.1, 0.15) is 22.5 Å². The van der Waals surface area contributed by atoms with Gasteiger partial charge in [-0.25, -0.2) is 9.97 Å². The molecule has 5 rings (SSSR count). The third-order valence-corrected chi connectivity index (χ3v) is 5.96. The molecule has 0 atom stereocenters. The number of aryl methyl sites for hydroxylation is 4. The number of pyridine rings is 1. The molecule has 0 saturated carbocycles. The van der Waals surface area contributed by atoms with Crippen LogP contribution in [0.25, 0.3) is 44.9 Å². The van der Waals surface area contributed by atoms with Crippen molar-refractivity contribution < 1.29 is 0 Å². The van der Waals surface area contributed by atoms with Crippen molar-refractivity contribution in [2.75, 3.05) is 0 Å². The molecule has 3 heteroatoms. The van der Waals surface area contributed by atoms with Gasteiger partial charge < -0.3 is 0 Å². The van der Waals surface area contributed by atoms with E-state index in [4.69, 9.17) is 4.98 Å². The minimum atomic E-state index is 0.717. The summed E-state index contributed by atoms with van der Waals surface area (Å²) in [6, 6.07) is 30.0. The van der Waals surface area contributed by atoms with Gasteiger partial charge in [0, 0.05) is 28.7 Å². The molecule has 0 radical (unpaired) electrons. The van der Waals surface area contributed by atoms with Crippen molar-refractivity contribution in [1.82, 2.24) is 15.0 Å². The maximum absolute atomic E-state index is 4.69. The first-order valence-electron chi connectivity index (χ1n) is 11.5. The first-order valence-corrected chi connectivity index (χ1v) is 11.5. The summed E-state index contributed by atoms with van der Waals surface area (Å²) in [4.78, 5) is 13.8. The first kappa shape index (κ1) is 21.7. The van der Waals surface area contributed by atoms with Crippen molar-refractivity contribution in [3.8, 4) is 44.9 Å². The van der Waals surface area contributed by atoms with E-state index in [1.807, 2.05) is 38.2 Å². The lowest BCUT2D eigenvalue weighted by atomic mass is 9.92. The average molecular weight is 442 g/mol. The monoisotopic (exact) mass is 441 g/mol. The van der Waals surface area contributed by atoms with E-state index in [0.717, 1.165) is 34.0 Å². The number of nitrogens with zero attached hydrogens (tertiary/aromatic N) is 3. The number of hydrogen-bond acceptors (Lipinski definition) is 3. The van der Waals surface area contributed by atoms with Crippen LogP contribution >= 0.6 is 0 Å². The van der Waals surface area contributed by atoms with Gasteiger partial charge in [0.1, 0.15) is 0 Å². The fourth-order valence-corrected chi connectivity index (χ4v) is 4.49. The smallest absolute Gasteiger partial charge is 0.161 e. The summed E-state index contributed by atoms with van der Waals surface area (Å²) in [6.45, 7) is 8.27. The van der Waals surface area contributed by atoms with Crippen molar-refractivity contribution in [3.63, 3.8) is 0 Å². The Hall–Kier alpha value is -4.11. The maximum atomic E-state index is 4.69. The van der Waals surface area contributed by atoms with Crippen LogP contribution in [0.5, 0.6) is 0 Å². The van der Waals surface area contributed by atoms with E-state index in [1.165, 1.54) is 33.4 Å². The van der Waals surface area contributed by atoms with Crippen LogP contribution in [-0.4, -0.2) is 15.0 Å². The quantitative estimate of drug-likeness (QED) is 0.286. The van der Waals surface area contributed by atoms with Crippen molar-refractivity contribution >= 4 is 0 Å². The zero-order chi connectivity index (χ0) is 23.7. The summed E-state index contributed by atoms with van der Waals surface area (Å²) in [5.74, 6) is 0.717. The van der Waals surface area contributed by atoms with Crippen molar-refractivity contribution in [1.29, 1.82) is 0 Å². The number of hydrogen-bond donors (Lipinski definition) is 0. The molecule has 0 unspecified atom stereocenters. The van der Waals surface area contributed by atoms with E-state index in [0.29, 0.717) is 0 Å². The maximum Gasteiger partial charge on any atom is 0.161 e. The van der Waals surface area contributed by atoms with Crippen LogP contribution in [0.2, 0.25) is 0 Å². The topological polar surface area (TPSA) is 38.7 Å². The number of rotatable bonds is 4. The van der Waals surface area contributed by atoms with Crippen LogP contribution < -0.4 is 0 Å². The van der Waals surface area contributed by atoms with Crippen molar-refractivity contribution in [2.45, 2.75) is 27.7 Å². The fourth-order valence-electron chi connectivity index (χ4n) is 4.49. The summed E-state index contributed by atoms with van der Waals surface area (Å²) < 4.78 is 0. The van der Waals surface area contributed by atoms with E-state index in [2.05, 4.69) is 90.5 Å². The Morgan fingerprint density at radius 1 is 0.500 bits per heavy atom. The van der Waals surface area contributed by atoms with E-state index < -0.39 is 0 Å². The molecule has 0 saturated heterocycles. The molecule has 2 heterocycles. The summed E-state index contributed by atoms with van der Waals surface area (Å²) >= 11 is 0. The van der Waals surface area contributed by atoms with Gasteiger partial charge in [-0.15, -0.1) is 0 Å². The second-order valence-corrected chi connectivity index (χ2v) is 8.91. The Balaban J connectivity index is 1.45. The Morgan fingerprint density at radius 3 is 1.65 bits per heavy atom. The van der Waals surface area contributed by atoms with Gasteiger partial charge in [-0.05, 0) is 68.1 Å². The average Bonchev–Trinajstić information content (AvgIpc) is 2.83. The molecule has 0 aliphatic rings. The predicted octanol–water partition coefficient (Wildman–Crippen LogP) is 7.77. The van der Waals surface area contributed by atoms with E-state index in [-0.39, 0.29) is 0 Å². The number of aromatic nitrogens is 3. The van der Waals surface area contributed by atoms with Gasteiger partial charge in [-0.1, -0.05) is 77.9 Å². The molecule has 3 aromatic carbocycles. The molecule has 5 aromatic rings. The highest BCUT2D eigenvalue weighted by molar-refractivity contribution is 5.84. The highest BCUT2D eigenvalue weighted by Gasteiger charge is 2.10. The Bertz CT molecular complexity index is 1430. The predicted molar refractivity (Wildman–Crippen MR) is 141 cm³/mol. The third kappa shape index (κ3) is 4.51. The van der Waals surface area contributed by atoms with Gasteiger partial charge in [-0.2, -0.15) is 0 Å².